The fraction of sp³-hybridized carbons (Fsp3) is 0.469. The number of hydrogen-bond acceptors (Lipinski definition) is 3. The van der Waals surface area contributed by atoms with Crippen LogP contribution in [0.1, 0.15) is 81.5 Å². The molecule has 1 N–H and O–H groups in total. The Hall–Kier alpha value is -3.40. The molecule has 1 heterocycles. The van der Waals surface area contributed by atoms with E-state index in [1.807, 2.05) is 24.3 Å². The number of fused-ring (bicyclic) bond motifs is 3. The van der Waals surface area contributed by atoms with E-state index in [-0.39, 0.29) is 11.8 Å². The quantitative estimate of drug-likeness (QED) is 0.368. The Morgan fingerprint density at radius 2 is 1.90 bits per heavy atom. The lowest BCUT2D eigenvalue weighted by Crippen LogP contribution is -2.47. The number of halogens is 3. The number of terminal acetylenes is 1. The molecule has 4 atom stereocenters. The smallest absolute Gasteiger partial charge is 0.406 e. The van der Waals surface area contributed by atoms with Crippen LogP contribution in [0.15, 0.2) is 53.7 Å². The summed E-state index contributed by atoms with van der Waals surface area (Å²) in [5.74, 6) is 3.09. The first kappa shape index (κ1) is 27.2. The highest BCUT2D eigenvalue weighted by atomic mass is 19.4. The molecule has 5 rings (SSSR count). The lowest BCUT2D eigenvalue weighted by Gasteiger charge is -2.43. The Bertz CT molecular complexity index is 1290. The van der Waals surface area contributed by atoms with E-state index in [0.717, 1.165) is 59.9 Å². The van der Waals surface area contributed by atoms with Crippen molar-refractivity contribution < 1.29 is 22.7 Å². The zero-order valence-corrected chi connectivity index (χ0v) is 22.5. The molecule has 206 valence electrons. The van der Waals surface area contributed by atoms with Crippen LogP contribution in [0, 0.1) is 24.2 Å². The lowest BCUT2D eigenvalue weighted by atomic mass is 9.83. The van der Waals surface area contributed by atoms with Crippen molar-refractivity contribution in [1.82, 2.24) is 4.90 Å². The number of carbonyl (C=O) groups excluding carboxylic acids is 1. The minimum absolute atomic E-state index is 0.225. The van der Waals surface area contributed by atoms with E-state index in [2.05, 4.69) is 29.8 Å². The number of unbranched alkanes of at least 4 members (excludes halogenated alkanes) is 1. The van der Waals surface area contributed by atoms with E-state index in [0.29, 0.717) is 12.8 Å². The Morgan fingerprint density at radius 3 is 2.59 bits per heavy atom. The van der Waals surface area contributed by atoms with Gasteiger partial charge < -0.3 is 15.0 Å². The largest absolute Gasteiger partial charge is 0.573 e. The molecule has 4 nitrogen and oxygen atoms in total. The average molecular weight is 537 g/mol. The second-order valence-corrected chi connectivity index (χ2v) is 11.3. The molecule has 1 amide bonds. The number of alkyl halides is 3. The first-order valence-electron chi connectivity index (χ1n) is 13.9. The molecular formula is C32H35F3N2O2. The number of ether oxygens (including phenoxy) is 1. The van der Waals surface area contributed by atoms with Gasteiger partial charge in [0, 0.05) is 17.4 Å². The van der Waals surface area contributed by atoms with Gasteiger partial charge in [0.1, 0.15) is 5.75 Å². The molecule has 0 radical (unpaired) electrons. The van der Waals surface area contributed by atoms with Gasteiger partial charge in [-0.15, -0.1) is 19.6 Å². The highest BCUT2D eigenvalue weighted by Gasteiger charge is 2.39. The van der Waals surface area contributed by atoms with Crippen molar-refractivity contribution in [1.29, 1.82) is 0 Å². The molecule has 0 spiro atoms. The predicted molar refractivity (Wildman–Crippen MR) is 146 cm³/mol. The molecule has 0 saturated heterocycles. The zero-order chi connectivity index (χ0) is 27.7. The average Bonchev–Trinajstić information content (AvgIpc) is 3.17. The molecule has 39 heavy (non-hydrogen) atoms. The van der Waals surface area contributed by atoms with Crippen LogP contribution in [-0.2, 0) is 11.2 Å². The molecule has 2 aromatic rings. The Labute approximate surface area is 228 Å². The highest BCUT2D eigenvalue weighted by molar-refractivity contribution is 5.94. The summed E-state index contributed by atoms with van der Waals surface area (Å²) in [5, 5.41) is 3.64. The SMILES string of the molecule is C#CC(=O)N1[C@@H](CCCC)Cc2cc(OC(F)(F)F)ccc2[C@@H]1c1ccc(NC2=C3CC(C)CC(C3)C2)cc1. The van der Waals surface area contributed by atoms with Gasteiger partial charge in [-0.3, -0.25) is 4.79 Å². The van der Waals surface area contributed by atoms with E-state index >= 15 is 0 Å². The van der Waals surface area contributed by atoms with Gasteiger partial charge in [0.25, 0.3) is 5.91 Å². The van der Waals surface area contributed by atoms with Crippen LogP contribution in [0.5, 0.6) is 5.75 Å². The summed E-state index contributed by atoms with van der Waals surface area (Å²) < 4.78 is 43.0. The second-order valence-electron chi connectivity index (χ2n) is 11.3. The summed E-state index contributed by atoms with van der Waals surface area (Å²) in [7, 11) is 0. The third-order valence-electron chi connectivity index (χ3n) is 8.33. The number of anilines is 1. The first-order chi connectivity index (χ1) is 18.6. The molecule has 7 heteroatoms. The standard InChI is InChI=1S/C32H35F3N2O2/c1-4-6-7-26-18-23-19-27(39-32(33,34)35)12-13-28(23)31(37(26)30(38)5-2)22-8-10-25(11-9-22)36-29-17-21-14-20(3)15-24(29)16-21/h2,8-13,19-21,26,31,36H,4,6-7,14-18H2,1,3H3/t20?,21?,26-,31-/m0/s1. The Kier molecular flexibility index (Phi) is 7.66. The van der Waals surface area contributed by atoms with Crippen LogP contribution >= 0.6 is 0 Å². The Morgan fingerprint density at radius 1 is 1.13 bits per heavy atom. The number of hydrogen-bond donors (Lipinski definition) is 1. The van der Waals surface area contributed by atoms with Gasteiger partial charge in [-0.1, -0.05) is 50.5 Å². The van der Waals surface area contributed by atoms with E-state index in [9.17, 15) is 18.0 Å². The maximum atomic E-state index is 13.1. The zero-order valence-electron chi connectivity index (χ0n) is 22.5. The van der Waals surface area contributed by atoms with Crippen LogP contribution < -0.4 is 10.1 Å². The molecule has 1 fully saturated rings. The first-order valence-corrected chi connectivity index (χ1v) is 13.9. The summed E-state index contributed by atoms with van der Waals surface area (Å²) >= 11 is 0. The van der Waals surface area contributed by atoms with Crippen molar-refractivity contribution >= 4 is 11.6 Å². The third kappa shape index (κ3) is 5.95. The van der Waals surface area contributed by atoms with Gasteiger partial charge in [-0.2, -0.15) is 0 Å². The van der Waals surface area contributed by atoms with E-state index in [1.54, 1.807) is 11.0 Å². The van der Waals surface area contributed by atoms with Crippen molar-refractivity contribution in [3.8, 4) is 18.1 Å². The minimum Gasteiger partial charge on any atom is -0.406 e. The molecule has 0 aromatic heterocycles. The number of allylic oxidation sites excluding steroid dienone is 2. The fourth-order valence-electron chi connectivity index (χ4n) is 6.80. The van der Waals surface area contributed by atoms with Crippen LogP contribution in [0.4, 0.5) is 18.9 Å². The molecular weight excluding hydrogens is 501 g/mol. The number of rotatable bonds is 7. The number of nitrogens with one attached hydrogen (secondary N) is 1. The van der Waals surface area contributed by atoms with Crippen LogP contribution in [0.25, 0.3) is 0 Å². The second kappa shape index (κ2) is 11.0. The number of carbonyl (C=O) groups is 1. The number of benzene rings is 2. The van der Waals surface area contributed by atoms with Crippen molar-refractivity contribution in [3.63, 3.8) is 0 Å². The van der Waals surface area contributed by atoms with Crippen molar-refractivity contribution in [2.75, 3.05) is 5.32 Å². The van der Waals surface area contributed by atoms with E-state index < -0.39 is 18.3 Å². The molecule has 2 unspecified atom stereocenters. The van der Waals surface area contributed by atoms with Crippen molar-refractivity contribution in [2.45, 2.75) is 83.7 Å². The van der Waals surface area contributed by atoms with Gasteiger partial charge in [-0.25, -0.2) is 0 Å². The highest BCUT2D eigenvalue weighted by Crippen LogP contribution is 2.45. The Balaban J connectivity index is 1.48. The van der Waals surface area contributed by atoms with Crippen LogP contribution in [0.2, 0.25) is 0 Å². The summed E-state index contributed by atoms with van der Waals surface area (Å²) in [6.07, 6.45) is 8.48. The summed E-state index contributed by atoms with van der Waals surface area (Å²) in [6, 6.07) is 11.7. The minimum atomic E-state index is -4.77. The molecule has 1 aliphatic heterocycles. The van der Waals surface area contributed by atoms with E-state index in [1.165, 1.54) is 36.2 Å². The van der Waals surface area contributed by atoms with E-state index in [4.69, 9.17) is 6.42 Å². The molecule has 1 saturated carbocycles. The molecule has 2 bridgehead atoms. The number of nitrogens with zero attached hydrogens (tertiary/aromatic N) is 1. The topological polar surface area (TPSA) is 41.6 Å². The summed E-state index contributed by atoms with van der Waals surface area (Å²) in [6.45, 7) is 4.39. The summed E-state index contributed by atoms with van der Waals surface area (Å²) in [5.41, 5.74) is 6.23. The van der Waals surface area contributed by atoms with Crippen molar-refractivity contribution in [3.05, 3.63) is 70.4 Å². The predicted octanol–water partition coefficient (Wildman–Crippen LogP) is 7.76. The fourth-order valence-corrected chi connectivity index (χ4v) is 6.80. The third-order valence-corrected chi connectivity index (χ3v) is 8.33. The van der Waals surface area contributed by atoms with Gasteiger partial charge >= 0.3 is 6.36 Å². The van der Waals surface area contributed by atoms with Crippen LogP contribution in [-0.4, -0.2) is 23.2 Å². The monoisotopic (exact) mass is 536 g/mol. The van der Waals surface area contributed by atoms with Gasteiger partial charge in [0.05, 0.1) is 6.04 Å². The van der Waals surface area contributed by atoms with Gasteiger partial charge in [-0.05, 0) is 97.2 Å². The van der Waals surface area contributed by atoms with Gasteiger partial charge in [0.15, 0.2) is 0 Å². The molecule has 2 aliphatic carbocycles. The molecule has 2 aromatic carbocycles. The summed E-state index contributed by atoms with van der Waals surface area (Å²) in [4.78, 5) is 14.9. The molecule has 3 aliphatic rings. The normalized spacial score (nSPS) is 24.3. The number of amides is 1. The van der Waals surface area contributed by atoms with Crippen molar-refractivity contribution in [2.24, 2.45) is 11.8 Å². The van der Waals surface area contributed by atoms with Gasteiger partial charge in [0.2, 0.25) is 0 Å². The van der Waals surface area contributed by atoms with Crippen LogP contribution in [0.3, 0.4) is 0 Å². The maximum absolute atomic E-state index is 13.1. The maximum Gasteiger partial charge on any atom is 0.573 e. The lowest BCUT2D eigenvalue weighted by molar-refractivity contribution is -0.274.